The van der Waals surface area contributed by atoms with Crippen LogP contribution in [0.4, 0.5) is 0 Å². The molecule has 1 fully saturated rings. The standard InChI is InChI=1S/C24H22N6O5/c1-14-27-22(28-35-14)20-19-18(17(34-2)13-26-20)16(12-25-19)21(31)24(33)30-10-8-29(9-11-30)23(32)15-6-4-3-5-7-15/h3-7,12-13,25H,8-11H2,1-2H3. The van der Waals surface area contributed by atoms with Crippen molar-refractivity contribution in [3.63, 3.8) is 0 Å². The van der Waals surface area contributed by atoms with Gasteiger partial charge in [0.15, 0.2) is 0 Å². The van der Waals surface area contributed by atoms with Gasteiger partial charge in [-0.2, -0.15) is 4.98 Å². The molecule has 11 heteroatoms. The minimum Gasteiger partial charge on any atom is -0.494 e. The number of aromatic amines is 1. The molecule has 1 aliphatic rings. The van der Waals surface area contributed by atoms with E-state index >= 15 is 0 Å². The van der Waals surface area contributed by atoms with E-state index in [4.69, 9.17) is 9.26 Å². The Balaban J connectivity index is 1.37. The van der Waals surface area contributed by atoms with Crippen LogP contribution in [-0.2, 0) is 4.79 Å². The number of nitrogens with zero attached hydrogens (tertiary/aromatic N) is 5. The van der Waals surface area contributed by atoms with Crippen LogP contribution >= 0.6 is 0 Å². The van der Waals surface area contributed by atoms with Gasteiger partial charge in [-0.25, -0.2) is 4.98 Å². The van der Waals surface area contributed by atoms with E-state index in [0.717, 1.165) is 0 Å². The molecule has 2 amide bonds. The average molecular weight is 474 g/mol. The molecule has 5 rings (SSSR count). The highest BCUT2D eigenvalue weighted by molar-refractivity contribution is 6.45. The predicted molar refractivity (Wildman–Crippen MR) is 124 cm³/mol. The van der Waals surface area contributed by atoms with Gasteiger partial charge in [0.2, 0.25) is 11.7 Å². The van der Waals surface area contributed by atoms with Crippen molar-refractivity contribution in [2.75, 3.05) is 33.3 Å². The molecule has 1 saturated heterocycles. The molecule has 0 saturated carbocycles. The lowest BCUT2D eigenvalue weighted by Gasteiger charge is -2.34. The third kappa shape index (κ3) is 4.01. The minimum absolute atomic E-state index is 0.0953. The fourth-order valence-corrected chi connectivity index (χ4v) is 4.15. The summed E-state index contributed by atoms with van der Waals surface area (Å²) in [5.74, 6) is -0.468. The highest BCUT2D eigenvalue weighted by atomic mass is 16.5. The number of fused-ring (bicyclic) bond motifs is 1. The number of piperazine rings is 1. The summed E-state index contributed by atoms with van der Waals surface area (Å²) < 4.78 is 10.5. The predicted octanol–water partition coefficient (Wildman–Crippen LogP) is 2.10. The number of aryl methyl sites for hydroxylation is 1. The summed E-state index contributed by atoms with van der Waals surface area (Å²) >= 11 is 0. The molecule has 1 N–H and O–H groups in total. The van der Waals surface area contributed by atoms with E-state index in [9.17, 15) is 14.4 Å². The Morgan fingerprint density at radius 3 is 2.43 bits per heavy atom. The lowest BCUT2D eigenvalue weighted by molar-refractivity contribution is -0.127. The van der Waals surface area contributed by atoms with Crippen LogP contribution in [0.2, 0.25) is 0 Å². The summed E-state index contributed by atoms with van der Waals surface area (Å²) in [4.78, 5) is 53.7. The van der Waals surface area contributed by atoms with Crippen LogP contribution in [0, 0.1) is 6.92 Å². The SMILES string of the molecule is COc1cnc(-c2noc(C)n2)c2[nH]cc(C(=O)C(=O)N3CCN(C(=O)c4ccccc4)CC3)c12. The Labute approximate surface area is 199 Å². The molecule has 11 nitrogen and oxygen atoms in total. The molecule has 0 spiro atoms. The van der Waals surface area contributed by atoms with Gasteiger partial charge in [0.05, 0.1) is 29.8 Å². The van der Waals surface area contributed by atoms with Gasteiger partial charge >= 0.3 is 0 Å². The van der Waals surface area contributed by atoms with Crippen LogP contribution in [0.25, 0.3) is 22.4 Å². The maximum absolute atomic E-state index is 13.3. The van der Waals surface area contributed by atoms with Gasteiger partial charge in [-0.1, -0.05) is 23.4 Å². The van der Waals surface area contributed by atoms with E-state index in [-0.39, 0.29) is 30.4 Å². The number of amides is 2. The number of ketones is 1. The summed E-state index contributed by atoms with van der Waals surface area (Å²) in [7, 11) is 1.46. The third-order valence-electron chi connectivity index (χ3n) is 5.95. The minimum atomic E-state index is -0.682. The molecule has 4 aromatic rings. The summed E-state index contributed by atoms with van der Waals surface area (Å²) in [5, 5.41) is 4.31. The number of carbonyl (C=O) groups is 3. The Hall–Kier alpha value is -4.54. The van der Waals surface area contributed by atoms with Gasteiger partial charge in [0.1, 0.15) is 11.4 Å². The number of Topliss-reactive ketones (excluding diaryl/α,β-unsaturated/α-hetero) is 1. The number of carbonyl (C=O) groups excluding carboxylic acids is 3. The van der Waals surface area contributed by atoms with E-state index in [1.54, 1.807) is 24.0 Å². The summed E-state index contributed by atoms with van der Waals surface area (Å²) in [5.41, 5.74) is 1.58. The molecule has 0 radical (unpaired) electrons. The molecule has 0 unspecified atom stereocenters. The Bertz CT molecular complexity index is 1420. The van der Waals surface area contributed by atoms with Crippen LogP contribution < -0.4 is 4.74 Å². The molecular weight excluding hydrogens is 452 g/mol. The Kier molecular flexibility index (Phi) is 5.73. The van der Waals surface area contributed by atoms with Crippen molar-refractivity contribution in [3.8, 4) is 17.3 Å². The van der Waals surface area contributed by atoms with Crippen LogP contribution in [0.1, 0.15) is 26.6 Å². The van der Waals surface area contributed by atoms with Gasteiger partial charge in [-0.05, 0) is 12.1 Å². The quantitative estimate of drug-likeness (QED) is 0.343. The van der Waals surface area contributed by atoms with Crippen molar-refractivity contribution in [2.45, 2.75) is 6.92 Å². The molecule has 0 atom stereocenters. The zero-order chi connectivity index (χ0) is 24.5. The number of nitrogens with one attached hydrogen (secondary N) is 1. The van der Waals surface area contributed by atoms with E-state index in [2.05, 4.69) is 20.1 Å². The van der Waals surface area contributed by atoms with Gasteiger partial charge in [-0.3, -0.25) is 14.4 Å². The van der Waals surface area contributed by atoms with Gasteiger partial charge in [0.25, 0.3) is 17.6 Å². The van der Waals surface area contributed by atoms with E-state index < -0.39 is 11.7 Å². The highest BCUT2D eigenvalue weighted by Crippen LogP contribution is 2.34. The smallest absolute Gasteiger partial charge is 0.295 e. The number of aromatic nitrogens is 4. The van der Waals surface area contributed by atoms with Crippen LogP contribution in [0.15, 0.2) is 47.2 Å². The van der Waals surface area contributed by atoms with Crippen molar-refractivity contribution in [1.82, 2.24) is 29.9 Å². The fraction of sp³-hybridized carbons (Fsp3) is 0.250. The van der Waals surface area contributed by atoms with Crippen molar-refractivity contribution in [3.05, 3.63) is 59.7 Å². The molecule has 178 valence electrons. The van der Waals surface area contributed by atoms with Crippen molar-refractivity contribution < 1.29 is 23.6 Å². The molecule has 0 aliphatic carbocycles. The molecular formula is C24H22N6O5. The fourth-order valence-electron chi connectivity index (χ4n) is 4.15. The number of methoxy groups -OCH3 is 1. The lowest BCUT2D eigenvalue weighted by atomic mass is 10.1. The average Bonchev–Trinajstić information content (AvgIpc) is 3.54. The summed E-state index contributed by atoms with van der Waals surface area (Å²) in [6, 6.07) is 8.98. The van der Waals surface area contributed by atoms with E-state index in [1.165, 1.54) is 24.4 Å². The number of hydrogen-bond acceptors (Lipinski definition) is 8. The largest absolute Gasteiger partial charge is 0.494 e. The van der Waals surface area contributed by atoms with Crippen molar-refractivity contribution >= 4 is 28.5 Å². The van der Waals surface area contributed by atoms with Crippen LogP contribution in [0.3, 0.4) is 0 Å². The number of ether oxygens (including phenoxy) is 1. The summed E-state index contributed by atoms with van der Waals surface area (Å²) in [6.07, 6.45) is 2.91. The number of pyridine rings is 1. The highest BCUT2D eigenvalue weighted by Gasteiger charge is 2.31. The molecule has 0 bridgehead atoms. The maximum atomic E-state index is 13.3. The summed E-state index contributed by atoms with van der Waals surface area (Å²) in [6.45, 7) is 2.87. The monoisotopic (exact) mass is 474 g/mol. The molecule has 35 heavy (non-hydrogen) atoms. The van der Waals surface area contributed by atoms with Crippen LogP contribution in [-0.4, -0.2) is 80.8 Å². The van der Waals surface area contributed by atoms with Gasteiger partial charge in [-0.15, -0.1) is 0 Å². The zero-order valence-electron chi connectivity index (χ0n) is 19.1. The number of H-pyrrole nitrogens is 1. The second-order valence-corrected chi connectivity index (χ2v) is 8.04. The van der Waals surface area contributed by atoms with Crippen LogP contribution in [0.5, 0.6) is 5.75 Å². The normalized spacial score (nSPS) is 13.8. The first-order valence-corrected chi connectivity index (χ1v) is 11.0. The lowest BCUT2D eigenvalue weighted by Crippen LogP contribution is -2.52. The maximum Gasteiger partial charge on any atom is 0.295 e. The second kappa shape index (κ2) is 9.01. The van der Waals surface area contributed by atoms with E-state index in [0.29, 0.717) is 46.9 Å². The van der Waals surface area contributed by atoms with Crippen molar-refractivity contribution in [1.29, 1.82) is 0 Å². The Morgan fingerprint density at radius 1 is 1.06 bits per heavy atom. The van der Waals surface area contributed by atoms with Crippen molar-refractivity contribution in [2.24, 2.45) is 0 Å². The first-order valence-electron chi connectivity index (χ1n) is 11.0. The van der Waals surface area contributed by atoms with Gasteiger partial charge < -0.3 is 24.0 Å². The van der Waals surface area contributed by atoms with E-state index in [1.807, 2.05) is 18.2 Å². The molecule has 1 aromatic carbocycles. The molecule has 4 heterocycles. The van der Waals surface area contributed by atoms with Gasteiger partial charge in [0, 0.05) is 44.9 Å². The first kappa shape index (κ1) is 22.3. The second-order valence-electron chi connectivity index (χ2n) is 8.04. The first-order chi connectivity index (χ1) is 17.0. The Morgan fingerprint density at radius 2 is 1.77 bits per heavy atom. The third-order valence-corrected chi connectivity index (χ3v) is 5.95. The number of benzene rings is 1. The molecule has 3 aromatic heterocycles. The zero-order valence-corrected chi connectivity index (χ0v) is 19.1. The molecule has 1 aliphatic heterocycles. The number of hydrogen-bond donors (Lipinski definition) is 1. The topological polar surface area (TPSA) is 135 Å². The number of rotatable bonds is 5.